The SMILES string of the molecule is CCC1CCCC1(CN)N1CCCCc2ccccc21. The van der Waals surface area contributed by atoms with Crippen LogP contribution in [0.15, 0.2) is 24.3 Å². The second-order valence-electron chi connectivity index (χ2n) is 6.54. The van der Waals surface area contributed by atoms with Crippen molar-refractivity contribution >= 4 is 5.69 Å². The molecular weight excluding hydrogens is 244 g/mol. The molecule has 0 amide bonds. The predicted molar refractivity (Wildman–Crippen MR) is 86.1 cm³/mol. The molecule has 110 valence electrons. The van der Waals surface area contributed by atoms with Crippen LogP contribution in [0.25, 0.3) is 0 Å². The predicted octanol–water partition coefficient (Wildman–Crippen LogP) is 3.74. The highest BCUT2D eigenvalue weighted by Crippen LogP contribution is 2.45. The molecule has 0 aromatic heterocycles. The van der Waals surface area contributed by atoms with E-state index in [1.165, 1.54) is 62.7 Å². The van der Waals surface area contributed by atoms with Crippen LogP contribution < -0.4 is 10.6 Å². The van der Waals surface area contributed by atoms with Gasteiger partial charge in [0.1, 0.15) is 0 Å². The summed E-state index contributed by atoms with van der Waals surface area (Å²) in [5.41, 5.74) is 9.55. The molecule has 0 spiro atoms. The molecule has 0 saturated heterocycles. The Morgan fingerprint density at radius 3 is 2.90 bits per heavy atom. The lowest BCUT2D eigenvalue weighted by atomic mass is 9.82. The van der Waals surface area contributed by atoms with Gasteiger partial charge >= 0.3 is 0 Å². The molecule has 0 bridgehead atoms. The summed E-state index contributed by atoms with van der Waals surface area (Å²) in [6.45, 7) is 4.33. The van der Waals surface area contributed by atoms with Crippen LogP contribution in [-0.2, 0) is 6.42 Å². The average Bonchev–Trinajstić information content (AvgIpc) is 2.80. The number of benzene rings is 1. The van der Waals surface area contributed by atoms with Crippen LogP contribution >= 0.6 is 0 Å². The van der Waals surface area contributed by atoms with Gasteiger partial charge in [-0.05, 0) is 49.7 Å². The molecule has 1 fully saturated rings. The normalized spacial score (nSPS) is 30.1. The Morgan fingerprint density at radius 1 is 1.25 bits per heavy atom. The van der Waals surface area contributed by atoms with Gasteiger partial charge in [-0.1, -0.05) is 38.0 Å². The molecule has 1 aromatic rings. The highest BCUT2D eigenvalue weighted by Gasteiger charge is 2.46. The number of para-hydroxylation sites is 1. The van der Waals surface area contributed by atoms with E-state index in [-0.39, 0.29) is 5.54 Å². The van der Waals surface area contributed by atoms with Gasteiger partial charge in [0.05, 0.1) is 5.54 Å². The lowest BCUT2D eigenvalue weighted by Gasteiger charge is -2.46. The Bertz CT molecular complexity index is 456. The van der Waals surface area contributed by atoms with Crippen LogP contribution in [0.4, 0.5) is 5.69 Å². The molecule has 1 aliphatic heterocycles. The van der Waals surface area contributed by atoms with E-state index in [0.717, 1.165) is 12.5 Å². The van der Waals surface area contributed by atoms with Crippen molar-refractivity contribution in [3.63, 3.8) is 0 Å². The Balaban J connectivity index is 2.03. The third kappa shape index (κ3) is 2.14. The third-order valence-corrected chi connectivity index (χ3v) is 5.67. The molecule has 1 saturated carbocycles. The first-order chi connectivity index (χ1) is 9.81. The topological polar surface area (TPSA) is 29.3 Å². The zero-order valence-corrected chi connectivity index (χ0v) is 12.8. The molecule has 2 unspecified atom stereocenters. The highest BCUT2D eigenvalue weighted by molar-refractivity contribution is 5.57. The van der Waals surface area contributed by atoms with Crippen molar-refractivity contribution in [1.82, 2.24) is 0 Å². The molecule has 0 radical (unpaired) electrons. The number of nitrogens with zero attached hydrogens (tertiary/aromatic N) is 1. The molecule has 3 rings (SSSR count). The monoisotopic (exact) mass is 272 g/mol. The maximum absolute atomic E-state index is 6.33. The van der Waals surface area contributed by atoms with Gasteiger partial charge in [0.15, 0.2) is 0 Å². The molecule has 1 aromatic carbocycles. The Labute approximate surface area is 123 Å². The van der Waals surface area contributed by atoms with Gasteiger partial charge in [-0.3, -0.25) is 0 Å². The first-order valence-electron chi connectivity index (χ1n) is 8.37. The molecule has 20 heavy (non-hydrogen) atoms. The Hall–Kier alpha value is -1.02. The van der Waals surface area contributed by atoms with Gasteiger partial charge in [0.25, 0.3) is 0 Å². The van der Waals surface area contributed by atoms with E-state index < -0.39 is 0 Å². The number of hydrogen-bond acceptors (Lipinski definition) is 2. The Kier molecular flexibility index (Phi) is 4.02. The molecule has 2 aliphatic rings. The Morgan fingerprint density at radius 2 is 2.10 bits per heavy atom. The second kappa shape index (κ2) is 5.77. The van der Waals surface area contributed by atoms with E-state index in [1.54, 1.807) is 0 Å². The molecule has 2 atom stereocenters. The first-order valence-corrected chi connectivity index (χ1v) is 8.37. The smallest absolute Gasteiger partial charge is 0.0552 e. The van der Waals surface area contributed by atoms with Crippen LogP contribution in [0.1, 0.15) is 51.0 Å². The lowest BCUT2D eigenvalue weighted by molar-refractivity contribution is 0.290. The molecule has 1 aliphatic carbocycles. The van der Waals surface area contributed by atoms with E-state index >= 15 is 0 Å². The summed E-state index contributed by atoms with van der Waals surface area (Å²) in [6, 6.07) is 9.01. The van der Waals surface area contributed by atoms with Gasteiger partial charge in [-0.2, -0.15) is 0 Å². The summed E-state index contributed by atoms with van der Waals surface area (Å²) in [5, 5.41) is 0. The minimum atomic E-state index is 0.217. The van der Waals surface area contributed by atoms with Gasteiger partial charge in [-0.25, -0.2) is 0 Å². The van der Waals surface area contributed by atoms with Gasteiger partial charge in [0, 0.05) is 18.8 Å². The van der Waals surface area contributed by atoms with Crippen LogP contribution in [0.2, 0.25) is 0 Å². The van der Waals surface area contributed by atoms with E-state index in [4.69, 9.17) is 5.73 Å². The standard InChI is InChI=1S/C18H28N2/c1-2-16-10-7-12-18(16,14-19)20-13-6-5-9-15-8-3-4-11-17(15)20/h3-4,8,11,16H,2,5-7,9-10,12-14,19H2,1H3. The second-order valence-corrected chi connectivity index (χ2v) is 6.54. The fourth-order valence-corrected chi connectivity index (χ4v) is 4.60. The summed E-state index contributed by atoms with van der Waals surface area (Å²) >= 11 is 0. The van der Waals surface area contributed by atoms with Crippen molar-refractivity contribution in [3.05, 3.63) is 29.8 Å². The van der Waals surface area contributed by atoms with E-state index in [2.05, 4.69) is 36.1 Å². The number of fused-ring (bicyclic) bond motifs is 1. The number of anilines is 1. The maximum Gasteiger partial charge on any atom is 0.0552 e. The summed E-state index contributed by atoms with van der Waals surface area (Å²) < 4.78 is 0. The highest BCUT2D eigenvalue weighted by atomic mass is 15.2. The van der Waals surface area contributed by atoms with E-state index in [9.17, 15) is 0 Å². The summed E-state index contributed by atoms with van der Waals surface area (Å²) in [7, 11) is 0. The number of hydrogen-bond donors (Lipinski definition) is 1. The number of rotatable bonds is 3. The molecular formula is C18H28N2. The van der Waals surface area contributed by atoms with Crippen LogP contribution in [-0.4, -0.2) is 18.6 Å². The van der Waals surface area contributed by atoms with Crippen LogP contribution in [0.3, 0.4) is 0 Å². The van der Waals surface area contributed by atoms with Crippen molar-refractivity contribution in [3.8, 4) is 0 Å². The summed E-state index contributed by atoms with van der Waals surface area (Å²) in [5.74, 6) is 0.763. The van der Waals surface area contributed by atoms with Crippen molar-refractivity contribution in [2.75, 3.05) is 18.0 Å². The number of nitrogens with two attached hydrogens (primary N) is 1. The van der Waals surface area contributed by atoms with Crippen molar-refractivity contribution in [2.24, 2.45) is 11.7 Å². The summed E-state index contributed by atoms with van der Waals surface area (Å²) in [4.78, 5) is 2.70. The maximum atomic E-state index is 6.33. The van der Waals surface area contributed by atoms with Crippen LogP contribution in [0.5, 0.6) is 0 Å². The minimum absolute atomic E-state index is 0.217. The number of aryl methyl sites for hydroxylation is 1. The zero-order valence-electron chi connectivity index (χ0n) is 12.8. The van der Waals surface area contributed by atoms with E-state index in [1.807, 2.05) is 0 Å². The molecule has 2 heteroatoms. The fourth-order valence-electron chi connectivity index (χ4n) is 4.60. The summed E-state index contributed by atoms with van der Waals surface area (Å²) in [6.07, 6.45) is 9.06. The molecule has 1 heterocycles. The average molecular weight is 272 g/mol. The minimum Gasteiger partial charge on any atom is -0.364 e. The first kappa shape index (κ1) is 13.9. The molecule has 2 nitrogen and oxygen atoms in total. The zero-order chi connectivity index (χ0) is 14.0. The van der Waals surface area contributed by atoms with Gasteiger partial charge in [0.2, 0.25) is 0 Å². The van der Waals surface area contributed by atoms with Gasteiger partial charge in [-0.15, -0.1) is 0 Å². The third-order valence-electron chi connectivity index (χ3n) is 5.67. The van der Waals surface area contributed by atoms with Crippen LogP contribution in [0, 0.1) is 5.92 Å². The molecule has 2 N–H and O–H groups in total. The van der Waals surface area contributed by atoms with Crippen molar-refractivity contribution in [1.29, 1.82) is 0 Å². The lowest BCUT2D eigenvalue weighted by Crippen LogP contribution is -2.57. The largest absolute Gasteiger partial charge is 0.364 e. The quantitative estimate of drug-likeness (QED) is 0.908. The van der Waals surface area contributed by atoms with E-state index in [0.29, 0.717) is 0 Å². The van der Waals surface area contributed by atoms with Crippen molar-refractivity contribution in [2.45, 2.75) is 57.4 Å². The fraction of sp³-hybridized carbons (Fsp3) is 0.667. The van der Waals surface area contributed by atoms with Crippen molar-refractivity contribution < 1.29 is 0 Å². The van der Waals surface area contributed by atoms with Gasteiger partial charge < -0.3 is 10.6 Å².